The zero-order valence-corrected chi connectivity index (χ0v) is 18.0. The number of benzene rings is 1. The SMILES string of the molecule is CCNC(=NCC(OC)c1ccc(F)cc1)NC1CCCC(C(=O)NC(C)C)C1. The standard InChI is InChI=1S/C22H35FN4O2/c1-5-24-22(25-14-20(29-4)16-9-11-18(23)12-10-16)27-19-8-6-7-17(13-19)21(28)26-15(2)3/h9-12,15,17,19-20H,5-8,13-14H2,1-4H3,(H,26,28)(H2,24,25,27). The number of rotatable bonds is 8. The quantitative estimate of drug-likeness (QED) is 0.458. The Hall–Kier alpha value is -2.15. The van der Waals surface area contributed by atoms with Crippen molar-refractivity contribution in [2.75, 3.05) is 20.2 Å². The first-order valence-electron chi connectivity index (χ1n) is 10.6. The van der Waals surface area contributed by atoms with E-state index in [1.165, 1.54) is 12.1 Å². The molecule has 29 heavy (non-hydrogen) atoms. The highest BCUT2D eigenvalue weighted by Crippen LogP contribution is 2.25. The molecule has 162 valence electrons. The molecule has 0 aliphatic heterocycles. The summed E-state index contributed by atoms with van der Waals surface area (Å²) in [6.45, 7) is 7.15. The maximum absolute atomic E-state index is 13.2. The lowest BCUT2D eigenvalue weighted by molar-refractivity contribution is -0.126. The minimum absolute atomic E-state index is 0.0393. The van der Waals surface area contributed by atoms with Crippen LogP contribution in [0.2, 0.25) is 0 Å². The minimum Gasteiger partial charge on any atom is -0.375 e. The fraction of sp³-hybridized carbons (Fsp3) is 0.636. The van der Waals surface area contributed by atoms with Crippen LogP contribution in [0.25, 0.3) is 0 Å². The summed E-state index contributed by atoms with van der Waals surface area (Å²) in [5.74, 6) is 0.628. The number of hydrogen-bond acceptors (Lipinski definition) is 3. The van der Waals surface area contributed by atoms with Crippen LogP contribution in [0.1, 0.15) is 58.1 Å². The number of halogens is 1. The molecular formula is C22H35FN4O2. The maximum atomic E-state index is 13.2. The molecular weight excluding hydrogens is 371 g/mol. The molecule has 0 bridgehead atoms. The average molecular weight is 407 g/mol. The average Bonchev–Trinajstić information content (AvgIpc) is 2.69. The summed E-state index contributed by atoms with van der Waals surface area (Å²) in [4.78, 5) is 17.0. The molecule has 3 N–H and O–H groups in total. The van der Waals surface area contributed by atoms with Gasteiger partial charge in [0.15, 0.2) is 5.96 Å². The normalized spacial score (nSPS) is 21.0. The van der Waals surface area contributed by atoms with E-state index >= 15 is 0 Å². The van der Waals surface area contributed by atoms with E-state index in [0.29, 0.717) is 12.5 Å². The van der Waals surface area contributed by atoms with Crippen LogP contribution >= 0.6 is 0 Å². The third kappa shape index (κ3) is 7.65. The third-order valence-corrected chi connectivity index (χ3v) is 5.10. The van der Waals surface area contributed by atoms with Crippen LogP contribution in [0.15, 0.2) is 29.3 Å². The van der Waals surface area contributed by atoms with Crippen molar-refractivity contribution in [2.45, 2.75) is 64.6 Å². The highest BCUT2D eigenvalue weighted by Gasteiger charge is 2.28. The van der Waals surface area contributed by atoms with E-state index < -0.39 is 0 Å². The van der Waals surface area contributed by atoms with Gasteiger partial charge in [0.2, 0.25) is 5.91 Å². The number of ether oxygens (including phenoxy) is 1. The van der Waals surface area contributed by atoms with Gasteiger partial charge in [0, 0.05) is 31.7 Å². The molecule has 0 spiro atoms. The summed E-state index contributed by atoms with van der Waals surface area (Å²) < 4.78 is 18.7. The van der Waals surface area contributed by atoms with Crippen molar-refractivity contribution in [3.05, 3.63) is 35.6 Å². The molecule has 1 saturated carbocycles. The second-order valence-corrected chi connectivity index (χ2v) is 7.86. The monoisotopic (exact) mass is 406 g/mol. The van der Waals surface area contributed by atoms with Crippen LogP contribution in [-0.2, 0) is 9.53 Å². The number of aliphatic imine (C=N–C) groups is 1. The number of carbonyl (C=O) groups is 1. The van der Waals surface area contributed by atoms with Crippen LogP contribution in [0.4, 0.5) is 4.39 Å². The molecule has 3 unspecified atom stereocenters. The van der Waals surface area contributed by atoms with E-state index in [2.05, 4.69) is 20.9 Å². The second-order valence-electron chi connectivity index (χ2n) is 7.86. The molecule has 1 amide bonds. The molecule has 0 saturated heterocycles. The number of hydrogen-bond donors (Lipinski definition) is 3. The summed E-state index contributed by atoms with van der Waals surface area (Å²) in [5, 5.41) is 9.77. The molecule has 1 aliphatic rings. The zero-order chi connectivity index (χ0) is 21.2. The van der Waals surface area contributed by atoms with Crippen molar-refractivity contribution < 1.29 is 13.9 Å². The number of amides is 1. The van der Waals surface area contributed by atoms with Crippen molar-refractivity contribution in [1.29, 1.82) is 0 Å². The predicted molar refractivity (Wildman–Crippen MR) is 114 cm³/mol. The van der Waals surface area contributed by atoms with Crippen molar-refractivity contribution in [2.24, 2.45) is 10.9 Å². The van der Waals surface area contributed by atoms with Gasteiger partial charge < -0.3 is 20.7 Å². The number of nitrogens with zero attached hydrogens (tertiary/aromatic N) is 1. The smallest absolute Gasteiger partial charge is 0.223 e. The molecule has 1 aliphatic carbocycles. The largest absolute Gasteiger partial charge is 0.375 e. The van der Waals surface area contributed by atoms with E-state index in [9.17, 15) is 9.18 Å². The first-order chi connectivity index (χ1) is 13.9. The summed E-state index contributed by atoms with van der Waals surface area (Å²) >= 11 is 0. The lowest BCUT2D eigenvalue weighted by Gasteiger charge is -2.30. The van der Waals surface area contributed by atoms with Crippen molar-refractivity contribution in [3.63, 3.8) is 0 Å². The summed E-state index contributed by atoms with van der Waals surface area (Å²) in [5.41, 5.74) is 0.886. The van der Waals surface area contributed by atoms with Crippen LogP contribution in [0, 0.1) is 11.7 Å². The van der Waals surface area contributed by atoms with E-state index in [0.717, 1.165) is 37.8 Å². The summed E-state index contributed by atoms with van der Waals surface area (Å²) in [7, 11) is 1.63. The Balaban J connectivity index is 1.98. The molecule has 2 rings (SSSR count). The Morgan fingerprint density at radius 1 is 1.28 bits per heavy atom. The Morgan fingerprint density at radius 2 is 2.00 bits per heavy atom. The van der Waals surface area contributed by atoms with Crippen LogP contribution in [0.3, 0.4) is 0 Å². The maximum Gasteiger partial charge on any atom is 0.223 e. The molecule has 6 nitrogen and oxygen atoms in total. The molecule has 7 heteroatoms. The Kier molecular flexibility index (Phi) is 9.38. The molecule has 1 aromatic carbocycles. The van der Waals surface area contributed by atoms with Gasteiger partial charge in [-0.15, -0.1) is 0 Å². The number of methoxy groups -OCH3 is 1. The molecule has 1 fully saturated rings. The third-order valence-electron chi connectivity index (χ3n) is 5.10. The first kappa shape index (κ1) is 23.1. The van der Waals surface area contributed by atoms with Gasteiger partial charge >= 0.3 is 0 Å². The Bertz CT molecular complexity index is 663. The number of nitrogens with one attached hydrogen (secondary N) is 3. The van der Waals surface area contributed by atoms with Gasteiger partial charge in [-0.3, -0.25) is 9.79 Å². The van der Waals surface area contributed by atoms with Crippen molar-refractivity contribution in [3.8, 4) is 0 Å². The van der Waals surface area contributed by atoms with Crippen LogP contribution < -0.4 is 16.0 Å². The lowest BCUT2D eigenvalue weighted by atomic mass is 9.85. The predicted octanol–water partition coefficient (Wildman–Crippen LogP) is 3.15. The second kappa shape index (κ2) is 11.8. The van der Waals surface area contributed by atoms with Gasteiger partial charge in [-0.1, -0.05) is 18.6 Å². The zero-order valence-electron chi connectivity index (χ0n) is 18.0. The van der Waals surface area contributed by atoms with Crippen molar-refractivity contribution >= 4 is 11.9 Å². The molecule has 3 atom stereocenters. The fourth-order valence-electron chi connectivity index (χ4n) is 3.64. The van der Waals surface area contributed by atoms with Gasteiger partial charge in [-0.05, 0) is 57.7 Å². The van der Waals surface area contributed by atoms with Gasteiger partial charge in [0.1, 0.15) is 11.9 Å². The van der Waals surface area contributed by atoms with E-state index in [4.69, 9.17) is 4.74 Å². The number of carbonyl (C=O) groups excluding carboxylic acids is 1. The topological polar surface area (TPSA) is 74.8 Å². The van der Waals surface area contributed by atoms with Gasteiger partial charge in [0.25, 0.3) is 0 Å². The minimum atomic E-state index is -0.268. The van der Waals surface area contributed by atoms with Crippen LogP contribution in [-0.4, -0.2) is 44.1 Å². The highest BCUT2D eigenvalue weighted by molar-refractivity contribution is 5.81. The molecule has 0 aromatic heterocycles. The molecule has 0 heterocycles. The van der Waals surface area contributed by atoms with Gasteiger partial charge in [0.05, 0.1) is 6.54 Å². The lowest BCUT2D eigenvalue weighted by Crippen LogP contribution is -2.47. The van der Waals surface area contributed by atoms with Gasteiger partial charge in [-0.25, -0.2) is 4.39 Å². The highest BCUT2D eigenvalue weighted by atomic mass is 19.1. The van der Waals surface area contributed by atoms with Gasteiger partial charge in [-0.2, -0.15) is 0 Å². The first-order valence-corrected chi connectivity index (χ1v) is 10.6. The van der Waals surface area contributed by atoms with E-state index in [-0.39, 0.29) is 35.8 Å². The van der Waals surface area contributed by atoms with E-state index in [1.807, 2.05) is 20.8 Å². The van der Waals surface area contributed by atoms with E-state index in [1.54, 1.807) is 19.2 Å². The summed E-state index contributed by atoms with van der Waals surface area (Å²) in [6.07, 6.45) is 3.52. The Morgan fingerprint density at radius 3 is 2.62 bits per heavy atom. The fourth-order valence-corrected chi connectivity index (χ4v) is 3.64. The Labute approximate surface area is 173 Å². The molecule has 1 aromatic rings. The number of guanidine groups is 1. The summed E-state index contributed by atoms with van der Waals surface area (Å²) in [6, 6.07) is 6.66. The van der Waals surface area contributed by atoms with Crippen LogP contribution in [0.5, 0.6) is 0 Å². The molecule has 0 radical (unpaired) electrons. The van der Waals surface area contributed by atoms with Crippen molar-refractivity contribution in [1.82, 2.24) is 16.0 Å².